The van der Waals surface area contributed by atoms with Gasteiger partial charge in [0.15, 0.2) is 0 Å². The SMILES string of the molecule is O=S=C1C=C(O)C(C(=O)O)=CC1. The Hall–Kier alpha value is -1.36. The molecule has 0 saturated carbocycles. The lowest BCUT2D eigenvalue weighted by molar-refractivity contribution is -0.132. The van der Waals surface area contributed by atoms with Crippen LogP contribution in [-0.2, 0) is 16.1 Å². The lowest BCUT2D eigenvalue weighted by Gasteiger charge is -2.06. The Morgan fingerprint density at radius 1 is 1.58 bits per heavy atom. The molecule has 0 amide bonds. The Morgan fingerprint density at radius 2 is 2.25 bits per heavy atom. The fourth-order valence-electron chi connectivity index (χ4n) is 0.851. The summed E-state index contributed by atoms with van der Waals surface area (Å²) in [6, 6.07) is 0. The third-order valence-electron chi connectivity index (χ3n) is 1.42. The van der Waals surface area contributed by atoms with E-state index in [0.717, 1.165) is 0 Å². The molecule has 0 bridgehead atoms. The zero-order valence-electron chi connectivity index (χ0n) is 5.98. The van der Waals surface area contributed by atoms with E-state index in [0.29, 0.717) is 4.86 Å². The van der Waals surface area contributed by atoms with Crippen LogP contribution in [0.1, 0.15) is 6.42 Å². The highest BCUT2D eigenvalue weighted by molar-refractivity contribution is 7.66. The quantitative estimate of drug-likeness (QED) is 0.575. The van der Waals surface area contributed by atoms with Gasteiger partial charge in [0.2, 0.25) is 0 Å². The molecule has 0 aromatic heterocycles. The Labute approximate surface area is 71.9 Å². The Morgan fingerprint density at radius 3 is 2.67 bits per heavy atom. The van der Waals surface area contributed by atoms with Gasteiger partial charge in [0.1, 0.15) is 5.76 Å². The number of allylic oxidation sites excluding steroid dienone is 2. The number of carboxylic acid groups (broad SMARTS) is 1. The van der Waals surface area contributed by atoms with Crippen LogP contribution in [0.25, 0.3) is 0 Å². The van der Waals surface area contributed by atoms with Crippen molar-refractivity contribution in [2.24, 2.45) is 0 Å². The van der Waals surface area contributed by atoms with E-state index in [4.69, 9.17) is 10.2 Å². The summed E-state index contributed by atoms with van der Waals surface area (Å²) in [6.45, 7) is 0. The van der Waals surface area contributed by atoms with Gasteiger partial charge in [-0.1, -0.05) is 6.08 Å². The molecular weight excluding hydrogens is 180 g/mol. The molecule has 12 heavy (non-hydrogen) atoms. The molecule has 2 N–H and O–H groups in total. The Balaban J connectivity index is 3.01. The summed E-state index contributed by atoms with van der Waals surface area (Å²) in [7, 11) is 0. The maximum atomic E-state index is 10.4. The third-order valence-corrected chi connectivity index (χ3v) is 1.92. The standard InChI is InChI=1S/C7H6O4S/c8-6-3-4(12-11)1-2-5(6)7(9)10/h2-3,8H,1H2,(H,9,10). The molecule has 64 valence electrons. The Kier molecular flexibility index (Phi) is 2.44. The van der Waals surface area contributed by atoms with Gasteiger partial charge >= 0.3 is 5.97 Å². The topological polar surface area (TPSA) is 74.6 Å². The number of hydrogen-bond acceptors (Lipinski definition) is 3. The van der Waals surface area contributed by atoms with Crippen LogP contribution in [-0.4, -0.2) is 25.3 Å². The first-order chi connectivity index (χ1) is 5.65. The molecular formula is C7H6O4S. The van der Waals surface area contributed by atoms with E-state index in [9.17, 15) is 9.00 Å². The van der Waals surface area contributed by atoms with Crippen molar-refractivity contribution in [1.29, 1.82) is 0 Å². The summed E-state index contributed by atoms with van der Waals surface area (Å²) in [4.78, 5) is 10.8. The summed E-state index contributed by atoms with van der Waals surface area (Å²) in [6.07, 6.45) is 2.78. The lowest BCUT2D eigenvalue weighted by Crippen LogP contribution is -2.10. The minimum absolute atomic E-state index is 0.146. The molecule has 1 rings (SSSR count). The fraction of sp³-hybridized carbons (Fsp3) is 0.143. The van der Waals surface area contributed by atoms with E-state index >= 15 is 0 Å². The van der Waals surface area contributed by atoms with E-state index < -0.39 is 5.97 Å². The fourth-order valence-corrected chi connectivity index (χ4v) is 1.16. The molecule has 4 nitrogen and oxygen atoms in total. The maximum absolute atomic E-state index is 10.4. The summed E-state index contributed by atoms with van der Waals surface area (Å²) < 4.78 is 10.3. The first-order valence-electron chi connectivity index (χ1n) is 3.15. The van der Waals surface area contributed by atoms with Crippen molar-refractivity contribution in [2.75, 3.05) is 0 Å². The van der Waals surface area contributed by atoms with Gasteiger partial charge in [-0.15, -0.1) is 0 Å². The number of rotatable bonds is 1. The van der Waals surface area contributed by atoms with Gasteiger partial charge in [0, 0.05) is 6.42 Å². The number of aliphatic hydroxyl groups is 1. The molecule has 0 saturated heterocycles. The summed E-state index contributed by atoms with van der Waals surface area (Å²) in [5, 5.41) is 17.6. The van der Waals surface area contributed by atoms with Gasteiger partial charge in [-0.2, -0.15) is 0 Å². The third kappa shape index (κ3) is 1.62. The van der Waals surface area contributed by atoms with Crippen LogP contribution >= 0.6 is 0 Å². The van der Waals surface area contributed by atoms with Crippen LogP contribution in [0.4, 0.5) is 0 Å². The van der Waals surface area contributed by atoms with Crippen LogP contribution < -0.4 is 0 Å². The van der Waals surface area contributed by atoms with Gasteiger partial charge < -0.3 is 10.2 Å². The van der Waals surface area contributed by atoms with Gasteiger partial charge in [-0.3, -0.25) is 0 Å². The minimum atomic E-state index is -1.18. The summed E-state index contributed by atoms with van der Waals surface area (Å²) in [5.74, 6) is -1.54. The highest BCUT2D eigenvalue weighted by Gasteiger charge is 2.16. The predicted molar refractivity (Wildman–Crippen MR) is 44.2 cm³/mol. The Bertz CT molecular complexity index is 333. The van der Waals surface area contributed by atoms with Crippen LogP contribution in [0.5, 0.6) is 0 Å². The molecule has 1 aliphatic carbocycles. The smallest absolute Gasteiger partial charge is 0.339 e. The monoisotopic (exact) mass is 186 g/mol. The van der Waals surface area contributed by atoms with Crippen molar-refractivity contribution in [3.8, 4) is 0 Å². The van der Waals surface area contributed by atoms with E-state index in [-0.39, 0.29) is 29.0 Å². The highest BCUT2D eigenvalue weighted by Crippen LogP contribution is 2.14. The molecule has 0 unspecified atom stereocenters. The minimum Gasteiger partial charge on any atom is -0.507 e. The zero-order valence-corrected chi connectivity index (χ0v) is 6.80. The van der Waals surface area contributed by atoms with E-state index in [1.807, 2.05) is 0 Å². The normalized spacial score (nSPS) is 16.5. The highest BCUT2D eigenvalue weighted by atomic mass is 32.1. The zero-order chi connectivity index (χ0) is 9.14. The van der Waals surface area contributed by atoms with Crippen molar-refractivity contribution in [2.45, 2.75) is 6.42 Å². The summed E-state index contributed by atoms with van der Waals surface area (Å²) >= 11 is 0.256. The predicted octanol–water partition coefficient (Wildman–Crippen LogP) is 0.228. The van der Waals surface area contributed by atoms with Crippen LogP contribution in [0.15, 0.2) is 23.5 Å². The molecule has 0 spiro atoms. The molecule has 0 aromatic carbocycles. The molecule has 0 heterocycles. The van der Waals surface area contributed by atoms with Crippen molar-refractivity contribution in [1.82, 2.24) is 0 Å². The maximum Gasteiger partial charge on any atom is 0.339 e. The van der Waals surface area contributed by atoms with Gasteiger partial charge in [-0.05, 0) is 6.08 Å². The molecule has 0 aromatic rings. The number of aliphatic carboxylic acids is 1. The van der Waals surface area contributed by atoms with Gasteiger partial charge in [-0.25, -0.2) is 9.00 Å². The number of hydrogen-bond donors (Lipinski definition) is 2. The van der Waals surface area contributed by atoms with Gasteiger partial charge in [0.25, 0.3) is 0 Å². The van der Waals surface area contributed by atoms with Crippen molar-refractivity contribution in [3.05, 3.63) is 23.5 Å². The molecule has 0 atom stereocenters. The first kappa shape index (κ1) is 8.73. The van der Waals surface area contributed by atoms with E-state index in [1.54, 1.807) is 0 Å². The lowest BCUT2D eigenvalue weighted by atomic mass is 10.1. The van der Waals surface area contributed by atoms with Crippen LogP contribution in [0, 0.1) is 0 Å². The van der Waals surface area contributed by atoms with E-state index in [1.165, 1.54) is 12.2 Å². The van der Waals surface area contributed by atoms with Crippen LogP contribution in [0.3, 0.4) is 0 Å². The second kappa shape index (κ2) is 3.36. The van der Waals surface area contributed by atoms with Gasteiger partial charge in [0.05, 0.1) is 21.7 Å². The second-order valence-electron chi connectivity index (χ2n) is 2.21. The largest absolute Gasteiger partial charge is 0.507 e. The average molecular weight is 186 g/mol. The van der Waals surface area contributed by atoms with E-state index in [2.05, 4.69) is 0 Å². The average Bonchev–Trinajstić information content (AvgIpc) is 2.03. The molecule has 0 radical (unpaired) electrons. The number of carboxylic acids is 1. The van der Waals surface area contributed by atoms with Crippen molar-refractivity contribution >= 4 is 22.1 Å². The second-order valence-corrected chi connectivity index (χ2v) is 2.90. The number of carbonyl (C=O) groups is 1. The first-order valence-corrected chi connectivity index (χ1v) is 3.89. The van der Waals surface area contributed by atoms with Crippen molar-refractivity contribution in [3.63, 3.8) is 0 Å². The molecule has 0 aliphatic heterocycles. The molecule has 0 fully saturated rings. The summed E-state index contributed by atoms with van der Waals surface area (Å²) in [5.41, 5.74) is -0.146. The number of aliphatic hydroxyl groups excluding tert-OH is 1. The van der Waals surface area contributed by atoms with Crippen LogP contribution in [0.2, 0.25) is 0 Å². The van der Waals surface area contributed by atoms with Crippen molar-refractivity contribution < 1.29 is 19.2 Å². The molecule has 5 heteroatoms. The molecule has 1 aliphatic rings.